The largest absolute Gasteiger partial charge is 0.481 e. The van der Waals surface area contributed by atoms with Crippen molar-refractivity contribution in [3.8, 4) is 0 Å². The van der Waals surface area contributed by atoms with E-state index in [1.54, 1.807) is 48.3 Å². The summed E-state index contributed by atoms with van der Waals surface area (Å²) in [6.07, 6.45) is 2.09. The highest BCUT2D eigenvalue weighted by molar-refractivity contribution is 5.99. The fourth-order valence-electron chi connectivity index (χ4n) is 1.85. The molecule has 1 aromatic carbocycles. The number of aliphatic carboxylic acids is 1. The topological polar surface area (TPSA) is 96.2 Å². The number of urea groups is 1. The number of nitrogens with zero attached hydrogens (tertiary/aromatic N) is 2. The van der Waals surface area contributed by atoms with Crippen molar-refractivity contribution < 1.29 is 14.7 Å². The van der Waals surface area contributed by atoms with Crippen LogP contribution in [0.3, 0.4) is 0 Å². The summed E-state index contributed by atoms with van der Waals surface area (Å²) in [6, 6.07) is 8.36. The van der Waals surface area contributed by atoms with Gasteiger partial charge in [0.15, 0.2) is 5.82 Å². The van der Waals surface area contributed by atoms with Crippen molar-refractivity contribution in [1.82, 2.24) is 9.78 Å². The second-order valence-corrected chi connectivity index (χ2v) is 4.50. The first-order chi connectivity index (χ1) is 10.0. The van der Waals surface area contributed by atoms with Crippen LogP contribution in [0.15, 0.2) is 36.5 Å². The Hall–Kier alpha value is -2.83. The molecule has 0 fully saturated rings. The van der Waals surface area contributed by atoms with Gasteiger partial charge in [0.25, 0.3) is 0 Å². The van der Waals surface area contributed by atoms with Crippen LogP contribution in [0.4, 0.5) is 16.3 Å². The molecule has 110 valence electrons. The molecule has 0 bridgehead atoms. The fraction of sp³-hybridized carbons (Fsp3) is 0.214. The minimum absolute atomic E-state index is 0.0144. The van der Waals surface area contributed by atoms with Crippen molar-refractivity contribution >= 4 is 23.5 Å². The van der Waals surface area contributed by atoms with Gasteiger partial charge in [0, 0.05) is 31.4 Å². The van der Waals surface area contributed by atoms with Crippen LogP contribution in [0.5, 0.6) is 0 Å². The Morgan fingerprint density at radius 2 is 2.00 bits per heavy atom. The van der Waals surface area contributed by atoms with Gasteiger partial charge in [-0.1, -0.05) is 18.2 Å². The molecule has 0 aliphatic rings. The summed E-state index contributed by atoms with van der Waals surface area (Å²) >= 11 is 0. The SMILES string of the molecule is Cn1ccc(NC(=O)Nc2ccccc2CCC(=O)O)n1. The van der Waals surface area contributed by atoms with E-state index in [9.17, 15) is 9.59 Å². The molecule has 1 aromatic heterocycles. The third kappa shape index (κ3) is 4.34. The number of aryl methyl sites for hydroxylation is 2. The Balaban J connectivity index is 2.01. The second-order valence-electron chi connectivity index (χ2n) is 4.50. The second kappa shape index (κ2) is 6.56. The minimum atomic E-state index is -0.872. The van der Waals surface area contributed by atoms with Gasteiger partial charge >= 0.3 is 12.0 Å². The van der Waals surface area contributed by atoms with Gasteiger partial charge in [-0.25, -0.2) is 4.79 Å². The number of carbonyl (C=O) groups excluding carboxylic acids is 1. The summed E-state index contributed by atoms with van der Waals surface area (Å²) in [4.78, 5) is 22.5. The van der Waals surface area contributed by atoms with Crippen LogP contribution in [-0.4, -0.2) is 26.9 Å². The number of rotatable bonds is 5. The molecule has 0 spiro atoms. The van der Waals surface area contributed by atoms with Gasteiger partial charge < -0.3 is 10.4 Å². The van der Waals surface area contributed by atoms with E-state index < -0.39 is 12.0 Å². The molecule has 7 nitrogen and oxygen atoms in total. The Morgan fingerprint density at radius 3 is 2.67 bits per heavy atom. The monoisotopic (exact) mass is 288 g/mol. The number of benzene rings is 1. The van der Waals surface area contributed by atoms with Crippen molar-refractivity contribution in [3.63, 3.8) is 0 Å². The lowest BCUT2D eigenvalue weighted by Crippen LogP contribution is -2.20. The van der Waals surface area contributed by atoms with Crippen molar-refractivity contribution in [3.05, 3.63) is 42.1 Å². The normalized spacial score (nSPS) is 10.1. The van der Waals surface area contributed by atoms with Crippen LogP contribution in [-0.2, 0) is 18.3 Å². The highest BCUT2D eigenvalue weighted by Crippen LogP contribution is 2.17. The molecular formula is C14H16N4O3. The average Bonchev–Trinajstić information content (AvgIpc) is 2.83. The van der Waals surface area contributed by atoms with E-state index in [2.05, 4.69) is 15.7 Å². The highest BCUT2D eigenvalue weighted by Gasteiger charge is 2.09. The molecule has 0 radical (unpaired) electrons. The van der Waals surface area contributed by atoms with Gasteiger partial charge in [0.2, 0.25) is 0 Å². The minimum Gasteiger partial charge on any atom is -0.481 e. The lowest BCUT2D eigenvalue weighted by atomic mass is 10.1. The molecule has 2 aromatic rings. The number of carboxylic acids is 1. The van der Waals surface area contributed by atoms with Crippen molar-refractivity contribution in [2.45, 2.75) is 12.8 Å². The molecule has 0 unspecified atom stereocenters. The number of carbonyl (C=O) groups is 2. The number of nitrogens with one attached hydrogen (secondary N) is 2. The van der Waals surface area contributed by atoms with Crippen molar-refractivity contribution in [1.29, 1.82) is 0 Å². The Morgan fingerprint density at radius 1 is 1.24 bits per heavy atom. The fourth-order valence-corrected chi connectivity index (χ4v) is 1.85. The predicted octanol–water partition coefficient (Wildman–Crippen LogP) is 2.08. The van der Waals surface area contributed by atoms with E-state index in [-0.39, 0.29) is 6.42 Å². The number of para-hydroxylation sites is 1. The molecule has 3 N–H and O–H groups in total. The molecule has 21 heavy (non-hydrogen) atoms. The molecule has 0 saturated heterocycles. The van der Waals surface area contributed by atoms with Gasteiger partial charge in [0.1, 0.15) is 0 Å². The van der Waals surface area contributed by atoms with Crippen LogP contribution >= 0.6 is 0 Å². The summed E-state index contributed by atoms with van der Waals surface area (Å²) in [7, 11) is 1.75. The number of hydrogen-bond acceptors (Lipinski definition) is 3. The van der Waals surface area contributed by atoms with Crippen LogP contribution in [0, 0.1) is 0 Å². The lowest BCUT2D eigenvalue weighted by Gasteiger charge is -2.10. The van der Waals surface area contributed by atoms with Gasteiger partial charge in [-0.15, -0.1) is 0 Å². The summed E-state index contributed by atoms with van der Waals surface area (Å²) < 4.78 is 1.58. The zero-order chi connectivity index (χ0) is 15.2. The van der Waals surface area contributed by atoms with Crippen molar-refractivity contribution in [2.24, 2.45) is 7.05 Å². The summed E-state index contributed by atoms with van der Waals surface area (Å²) in [6.45, 7) is 0. The predicted molar refractivity (Wildman–Crippen MR) is 78.2 cm³/mol. The van der Waals surface area contributed by atoms with E-state index in [0.717, 1.165) is 5.56 Å². The molecule has 1 heterocycles. The molecule has 7 heteroatoms. The van der Waals surface area contributed by atoms with Gasteiger partial charge in [-0.05, 0) is 18.1 Å². The number of hydrogen-bond donors (Lipinski definition) is 3. The number of amides is 2. The average molecular weight is 288 g/mol. The molecule has 0 aliphatic carbocycles. The Kier molecular flexibility index (Phi) is 4.55. The van der Waals surface area contributed by atoms with E-state index >= 15 is 0 Å². The smallest absolute Gasteiger partial charge is 0.324 e. The molecular weight excluding hydrogens is 272 g/mol. The maximum absolute atomic E-state index is 11.9. The van der Waals surface area contributed by atoms with Crippen LogP contribution in [0.2, 0.25) is 0 Å². The standard InChI is InChI=1S/C14H16N4O3/c1-18-9-8-12(17-18)16-14(21)15-11-5-3-2-4-10(11)6-7-13(19)20/h2-5,8-9H,6-7H2,1H3,(H,19,20)(H2,15,16,17,21). The third-order valence-electron chi connectivity index (χ3n) is 2.83. The van der Waals surface area contributed by atoms with Gasteiger partial charge in [0.05, 0.1) is 0 Å². The van der Waals surface area contributed by atoms with E-state index in [4.69, 9.17) is 5.11 Å². The van der Waals surface area contributed by atoms with Gasteiger partial charge in [-0.2, -0.15) is 5.10 Å². The first-order valence-electron chi connectivity index (χ1n) is 6.42. The molecule has 0 atom stereocenters. The molecule has 2 amide bonds. The number of aromatic nitrogens is 2. The summed E-state index contributed by atoms with van der Waals surface area (Å²) in [5, 5.41) is 18.1. The lowest BCUT2D eigenvalue weighted by molar-refractivity contribution is -0.136. The molecule has 0 saturated carbocycles. The maximum atomic E-state index is 11.9. The molecule has 2 rings (SSSR count). The zero-order valence-corrected chi connectivity index (χ0v) is 11.5. The van der Waals surface area contributed by atoms with Crippen LogP contribution < -0.4 is 10.6 Å². The first kappa shape index (κ1) is 14.6. The van der Waals surface area contributed by atoms with E-state index in [1.807, 2.05) is 0 Å². The Labute approximate surface area is 121 Å². The van der Waals surface area contributed by atoms with Gasteiger partial charge in [-0.3, -0.25) is 14.8 Å². The molecule has 0 aliphatic heterocycles. The van der Waals surface area contributed by atoms with E-state index in [0.29, 0.717) is 17.9 Å². The first-order valence-corrected chi connectivity index (χ1v) is 6.42. The third-order valence-corrected chi connectivity index (χ3v) is 2.83. The number of anilines is 2. The van der Waals surface area contributed by atoms with Crippen molar-refractivity contribution in [2.75, 3.05) is 10.6 Å². The number of carboxylic acid groups (broad SMARTS) is 1. The highest BCUT2D eigenvalue weighted by atomic mass is 16.4. The Bertz CT molecular complexity index is 651. The quantitative estimate of drug-likeness (QED) is 0.784. The van der Waals surface area contributed by atoms with E-state index in [1.165, 1.54) is 0 Å². The summed E-state index contributed by atoms with van der Waals surface area (Å²) in [5.74, 6) is -0.430. The maximum Gasteiger partial charge on any atom is 0.324 e. The zero-order valence-electron chi connectivity index (χ0n) is 11.5. The van der Waals surface area contributed by atoms with Crippen LogP contribution in [0.25, 0.3) is 0 Å². The summed E-state index contributed by atoms with van der Waals surface area (Å²) in [5.41, 5.74) is 1.36. The van der Waals surface area contributed by atoms with Crippen LogP contribution in [0.1, 0.15) is 12.0 Å².